The molecule has 12 heteroatoms. The summed E-state index contributed by atoms with van der Waals surface area (Å²) in [5.41, 5.74) is 1.23. The molecule has 1 aromatic carbocycles. The highest BCUT2D eigenvalue weighted by Crippen LogP contribution is 2.67. The molecule has 0 spiro atoms. The fraction of sp³-hybridized carbons (Fsp3) is 0.478. The van der Waals surface area contributed by atoms with Crippen molar-refractivity contribution in [2.75, 3.05) is 33.1 Å². The zero-order valence-corrected chi connectivity index (χ0v) is 21.7. The van der Waals surface area contributed by atoms with Crippen LogP contribution in [0.1, 0.15) is 18.0 Å². The summed E-state index contributed by atoms with van der Waals surface area (Å²) >= 11 is 2.05. The Morgan fingerprint density at radius 2 is 2.03 bits per heavy atom. The summed E-state index contributed by atoms with van der Waals surface area (Å²) in [6, 6.07) is 5.30. The molecule has 5 atom stereocenters. The van der Waals surface area contributed by atoms with E-state index in [0.717, 1.165) is 5.56 Å². The Labute approximate surface area is 215 Å². The first-order valence-corrected chi connectivity index (χ1v) is 12.4. The van der Waals surface area contributed by atoms with E-state index in [-0.39, 0.29) is 11.8 Å². The second-order valence-corrected chi connectivity index (χ2v) is 9.85. The van der Waals surface area contributed by atoms with Crippen molar-refractivity contribution in [1.82, 2.24) is 24.8 Å². The number of aliphatic hydroxyl groups excluding tert-OH is 2. The highest BCUT2D eigenvalue weighted by Gasteiger charge is 2.75. The average Bonchev–Trinajstić information content (AvgIpc) is 3.40. The van der Waals surface area contributed by atoms with Crippen molar-refractivity contribution in [2.24, 2.45) is 11.3 Å². The molecule has 4 N–H and O–H groups in total. The van der Waals surface area contributed by atoms with E-state index >= 15 is 0 Å². The number of hydrogen-bond donors (Lipinski definition) is 4. The van der Waals surface area contributed by atoms with Crippen molar-refractivity contribution in [2.45, 2.75) is 31.1 Å². The van der Waals surface area contributed by atoms with Crippen molar-refractivity contribution in [3.05, 3.63) is 33.9 Å². The molecule has 0 bridgehead atoms. The molecule has 0 aliphatic heterocycles. The number of ether oxygens (including phenoxy) is 2. The van der Waals surface area contributed by atoms with E-state index < -0.39 is 23.7 Å². The van der Waals surface area contributed by atoms with Crippen LogP contribution in [0.3, 0.4) is 0 Å². The SMILES string of the molecule is CNC(=O)[C@@]12C[C@@H]1[C@@H](n1cnc3c(NCCc4ccc(OC)c(OC)c4)nc(I)nc31)[C@H](O)[C@@H]2O. The summed E-state index contributed by atoms with van der Waals surface area (Å²) in [6.45, 7) is 0.595. The third kappa shape index (κ3) is 3.78. The number of aromatic nitrogens is 4. The zero-order valence-electron chi connectivity index (χ0n) is 19.5. The van der Waals surface area contributed by atoms with E-state index in [0.29, 0.717) is 51.7 Å². The molecule has 0 saturated heterocycles. The van der Waals surface area contributed by atoms with E-state index in [1.54, 1.807) is 32.2 Å². The number of aliphatic hydroxyl groups is 2. The average molecular weight is 594 g/mol. The highest BCUT2D eigenvalue weighted by molar-refractivity contribution is 14.1. The molecule has 1 amide bonds. The Kier molecular flexibility index (Phi) is 6.21. The molecule has 2 heterocycles. The second-order valence-electron chi connectivity index (χ2n) is 8.89. The summed E-state index contributed by atoms with van der Waals surface area (Å²) in [4.78, 5) is 26.1. The van der Waals surface area contributed by atoms with Gasteiger partial charge in [0.25, 0.3) is 0 Å². The number of fused-ring (bicyclic) bond motifs is 2. The Hall–Kier alpha value is -2.71. The number of nitrogens with zero attached hydrogens (tertiary/aromatic N) is 4. The van der Waals surface area contributed by atoms with Gasteiger partial charge in [0, 0.05) is 42.1 Å². The van der Waals surface area contributed by atoms with Crippen molar-refractivity contribution in [3.8, 4) is 11.5 Å². The first-order chi connectivity index (χ1) is 16.8. The van der Waals surface area contributed by atoms with Crippen LogP contribution < -0.4 is 20.1 Å². The van der Waals surface area contributed by atoms with Crippen molar-refractivity contribution in [1.29, 1.82) is 0 Å². The van der Waals surface area contributed by atoms with E-state index in [9.17, 15) is 15.0 Å². The van der Waals surface area contributed by atoms with Crippen molar-refractivity contribution < 1.29 is 24.5 Å². The number of carbonyl (C=O) groups is 1. The third-order valence-electron chi connectivity index (χ3n) is 7.19. The van der Waals surface area contributed by atoms with Crippen LogP contribution >= 0.6 is 22.6 Å². The van der Waals surface area contributed by atoms with E-state index in [4.69, 9.17) is 9.47 Å². The fourth-order valence-electron chi connectivity index (χ4n) is 5.38. The van der Waals surface area contributed by atoms with Crippen LogP contribution in [0.15, 0.2) is 24.5 Å². The van der Waals surface area contributed by atoms with Gasteiger partial charge in [-0.05, 0) is 30.5 Å². The van der Waals surface area contributed by atoms with Crippen LogP contribution in [0.4, 0.5) is 5.82 Å². The molecule has 2 fully saturated rings. The van der Waals surface area contributed by atoms with Crippen molar-refractivity contribution in [3.63, 3.8) is 0 Å². The summed E-state index contributed by atoms with van der Waals surface area (Å²) in [7, 11) is 4.75. The summed E-state index contributed by atoms with van der Waals surface area (Å²) in [5.74, 6) is 1.49. The Balaban J connectivity index is 1.38. The lowest BCUT2D eigenvalue weighted by atomic mass is 9.98. The smallest absolute Gasteiger partial charge is 0.229 e. The number of hydrogen-bond acceptors (Lipinski definition) is 9. The van der Waals surface area contributed by atoms with Gasteiger partial charge in [0.2, 0.25) is 5.91 Å². The monoisotopic (exact) mass is 594 g/mol. The maximum Gasteiger partial charge on any atom is 0.229 e. The summed E-state index contributed by atoms with van der Waals surface area (Å²) in [6.07, 6.45) is 0.585. The first kappa shape index (κ1) is 24.0. The van der Waals surface area contributed by atoms with Gasteiger partial charge in [-0.3, -0.25) is 4.79 Å². The number of amides is 1. The number of rotatable bonds is 8. The molecule has 3 aromatic rings. The molecular formula is C23H27IN6O5. The van der Waals surface area contributed by atoms with Gasteiger partial charge in [0.1, 0.15) is 6.10 Å². The molecule has 2 aliphatic carbocycles. The van der Waals surface area contributed by atoms with Crippen LogP contribution in [-0.2, 0) is 11.2 Å². The standard InChI is InChI=1S/C23H27IN6O5/c1-25-21(33)23-9-12(23)16(17(31)18(23)32)30-10-27-15-19(28-22(24)29-20(15)30)26-7-6-11-4-5-13(34-2)14(8-11)35-3/h4-5,8,10,12,16-18,31-32H,6-7,9H2,1-3H3,(H,25,33)(H,26,28,29)/t12-,16-,17+,18+,23+/m1/s1. The predicted octanol–water partition coefficient (Wildman–Crippen LogP) is 1.13. The Morgan fingerprint density at radius 1 is 1.26 bits per heavy atom. The number of nitrogens with one attached hydrogen (secondary N) is 2. The normalized spacial score (nSPS) is 26.9. The largest absolute Gasteiger partial charge is 0.493 e. The number of anilines is 1. The van der Waals surface area contributed by atoms with Gasteiger partial charge in [0.05, 0.1) is 38.1 Å². The van der Waals surface area contributed by atoms with Gasteiger partial charge in [0.15, 0.2) is 32.3 Å². The van der Waals surface area contributed by atoms with Gasteiger partial charge in [-0.25, -0.2) is 15.0 Å². The minimum absolute atomic E-state index is 0.195. The van der Waals surface area contributed by atoms with Crippen LogP contribution in [-0.4, -0.2) is 75.7 Å². The third-order valence-corrected chi connectivity index (χ3v) is 7.67. The molecule has 0 radical (unpaired) electrons. The lowest BCUT2D eigenvalue weighted by molar-refractivity contribution is -0.132. The molecule has 0 unspecified atom stereocenters. The maximum absolute atomic E-state index is 12.5. The first-order valence-electron chi connectivity index (χ1n) is 11.3. The molecule has 11 nitrogen and oxygen atoms in total. The van der Waals surface area contributed by atoms with Gasteiger partial charge >= 0.3 is 0 Å². The zero-order chi connectivity index (χ0) is 24.9. The number of benzene rings is 1. The van der Waals surface area contributed by atoms with Crippen LogP contribution in [0.25, 0.3) is 11.2 Å². The number of carbonyl (C=O) groups excluding carboxylic acids is 1. The molecule has 2 aliphatic rings. The molecule has 5 rings (SSSR count). The van der Waals surface area contributed by atoms with E-state index in [2.05, 4.69) is 25.6 Å². The van der Waals surface area contributed by atoms with E-state index in [1.807, 2.05) is 40.8 Å². The van der Waals surface area contributed by atoms with Gasteiger partial charge < -0.3 is 34.9 Å². The second kappa shape index (κ2) is 9.06. The van der Waals surface area contributed by atoms with Gasteiger partial charge in [-0.1, -0.05) is 6.07 Å². The van der Waals surface area contributed by atoms with Gasteiger partial charge in [-0.2, -0.15) is 0 Å². The number of halogens is 1. The quantitative estimate of drug-likeness (QED) is 0.223. The lowest BCUT2D eigenvalue weighted by Gasteiger charge is -2.23. The number of methoxy groups -OCH3 is 2. The Bertz CT molecular complexity index is 1280. The topological polar surface area (TPSA) is 144 Å². The van der Waals surface area contributed by atoms with Gasteiger partial charge in [-0.15, -0.1) is 0 Å². The fourth-order valence-corrected chi connectivity index (χ4v) is 5.85. The minimum Gasteiger partial charge on any atom is -0.493 e. The Morgan fingerprint density at radius 3 is 2.74 bits per heavy atom. The molecule has 2 aromatic heterocycles. The molecule has 2 saturated carbocycles. The predicted molar refractivity (Wildman–Crippen MR) is 135 cm³/mol. The minimum atomic E-state index is -1.14. The number of imidazole rings is 1. The van der Waals surface area contributed by atoms with Crippen molar-refractivity contribution >= 4 is 45.5 Å². The highest BCUT2D eigenvalue weighted by atomic mass is 127. The molecule has 186 valence electrons. The maximum atomic E-state index is 12.5. The van der Waals surface area contributed by atoms with E-state index in [1.165, 1.54) is 0 Å². The molecule has 35 heavy (non-hydrogen) atoms. The van der Waals surface area contributed by atoms with Crippen LogP contribution in [0.5, 0.6) is 11.5 Å². The summed E-state index contributed by atoms with van der Waals surface area (Å²) in [5, 5.41) is 27.5. The van der Waals surface area contributed by atoms with Crippen LogP contribution in [0, 0.1) is 15.2 Å². The molecular weight excluding hydrogens is 567 g/mol. The van der Waals surface area contributed by atoms with Crippen LogP contribution in [0.2, 0.25) is 0 Å². The lowest BCUT2D eigenvalue weighted by Crippen LogP contribution is -2.41. The summed E-state index contributed by atoms with van der Waals surface area (Å²) < 4.78 is 13.0.